The van der Waals surface area contributed by atoms with Crippen LogP contribution in [0, 0.1) is 6.92 Å². The number of pyridine rings is 1. The number of anilines is 1. The van der Waals surface area contributed by atoms with Gasteiger partial charge in [-0.2, -0.15) is 0 Å². The summed E-state index contributed by atoms with van der Waals surface area (Å²) in [5.74, 6) is -2.68. The number of rotatable bonds is 51. The fourth-order valence-corrected chi connectivity index (χ4v) is 7.75. The Labute approximate surface area is 496 Å². The number of carboxylic acids is 3. The smallest absolute Gasteiger partial charge is 0.317 e. The van der Waals surface area contributed by atoms with Crippen molar-refractivity contribution in [3.05, 3.63) is 24.2 Å². The van der Waals surface area contributed by atoms with E-state index in [1.807, 2.05) is 4.90 Å². The molecule has 482 valence electrons. The Balaban J connectivity index is 0.981. The maximum Gasteiger partial charge on any atom is 0.317 e. The van der Waals surface area contributed by atoms with Crippen LogP contribution in [0.4, 0.5) is 5.69 Å². The molecule has 0 saturated carbocycles. The van der Waals surface area contributed by atoms with E-state index >= 15 is 0 Å². The highest BCUT2D eigenvalue weighted by Gasteiger charge is 2.21. The number of carbonyl (C=O) groups is 6. The number of nitrogens with zero attached hydrogens (tertiary/aromatic N) is 9. The summed E-state index contributed by atoms with van der Waals surface area (Å²) in [5, 5.41) is 49.3. The van der Waals surface area contributed by atoms with Gasteiger partial charge in [0.05, 0.1) is 177 Å². The van der Waals surface area contributed by atoms with Gasteiger partial charge in [0.2, 0.25) is 17.6 Å². The molecule has 1 fully saturated rings. The summed E-state index contributed by atoms with van der Waals surface area (Å²) < 4.78 is 60.8. The van der Waals surface area contributed by atoms with Crippen molar-refractivity contribution in [2.75, 3.05) is 236 Å². The molecule has 0 aromatic carbocycles. The first-order chi connectivity index (χ1) is 41.4. The van der Waals surface area contributed by atoms with E-state index in [0.717, 1.165) is 0 Å². The van der Waals surface area contributed by atoms with Gasteiger partial charge in [-0.15, -0.1) is 20.4 Å². The lowest BCUT2D eigenvalue weighted by molar-refractivity contribution is -0.140. The molecule has 0 aliphatic carbocycles. The topological polar surface area (TPSA) is 366 Å². The minimum atomic E-state index is -1.02. The number of Topliss-reactive ketones (excluding diaryl/α,β-unsaturated/α-hetero) is 1. The fourth-order valence-electron chi connectivity index (χ4n) is 7.75. The van der Waals surface area contributed by atoms with Crippen LogP contribution < -0.4 is 10.6 Å². The van der Waals surface area contributed by atoms with Crippen LogP contribution in [0.15, 0.2) is 18.3 Å². The van der Waals surface area contributed by atoms with Crippen molar-refractivity contribution in [2.45, 2.75) is 39.0 Å². The van der Waals surface area contributed by atoms with E-state index in [1.165, 1.54) is 6.20 Å². The average molecular weight is 1210 g/mol. The number of aromatic nitrogens is 5. The summed E-state index contributed by atoms with van der Waals surface area (Å²) in [6.07, 6.45) is 3.09. The zero-order valence-corrected chi connectivity index (χ0v) is 49.3. The Hall–Kier alpha value is -5.49. The molecule has 0 bridgehead atoms. The molecule has 0 atom stereocenters. The largest absolute Gasteiger partial charge is 0.480 e. The predicted octanol–water partition coefficient (Wildman–Crippen LogP) is -1.13. The molecule has 3 rings (SSSR count). The van der Waals surface area contributed by atoms with Gasteiger partial charge in [0.25, 0.3) is 0 Å². The van der Waals surface area contributed by atoms with Gasteiger partial charge in [-0.05, 0) is 31.9 Å². The third kappa shape index (κ3) is 42.1. The maximum absolute atomic E-state index is 12.9. The van der Waals surface area contributed by atoms with Gasteiger partial charge >= 0.3 is 17.9 Å². The highest BCUT2D eigenvalue weighted by molar-refractivity contribution is 5.91. The third-order valence-corrected chi connectivity index (χ3v) is 12.1. The van der Waals surface area contributed by atoms with Crippen molar-refractivity contribution in [3.63, 3.8) is 0 Å². The molecule has 0 unspecified atom stereocenters. The van der Waals surface area contributed by atoms with Crippen LogP contribution in [0.1, 0.15) is 37.9 Å². The second kappa shape index (κ2) is 49.6. The first-order valence-electron chi connectivity index (χ1n) is 28.8. The van der Waals surface area contributed by atoms with Crippen molar-refractivity contribution >= 4 is 41.2 Å². The van der Waals surface area contributed by atoms with Gasteiger partial charge in [-0.1, -0.05) is 0 Å². The van der Waals surface area contributed by atoms with Crippen molar-refractivity contribution in [3.8, 4) is 11.5 Å². The van der Waals surface area contributed by atoms with Gasteiger partial charge in [0.15, 0.2) is 5.82 Å². The Morgan fingerprint density at radius 2 is 0.765 bits per heavy atom. The molecule has 2 aromatic heterocycles. The fraction of sp³-hybridized carbons (Fsp3) is 0.759. The van der Waals surface area contributed by atoms with Crippen molar-refractivity contribution in [1.82, 2.24) is 50.3 Å². The summed E-state index contributed by atoms with van der Waals surface area (Å²) in [6, 6.07) is 3.34. The number of ether oxygens (including phenoxy) is 11. The number of aryl methyl sites for hydroxylation is 1. The highest BCUT2D eigenvalue weighted by atomic mass is 16.6. The standard InChI is InChI=1S/C54H91N11O20/c1-45-58-60-54(61-59-45)48-8-7-46(40-56-48)57-50(68)6-2-5-49(67)55-9-19-76-21-23-78-25-27-80-29-31-82-33-35-84-37-39-85-38-36-83-34-32-81-30-28-79-26-24-77-22-20-75-18-3-4-47(66)41-62-10-12-63(42-51(69)70)14-16-65(44-53(73)74)17-15-64(13-11-62)43-52(71)72/h7-8,40H,2-6,9-39,41-44H2,1H3,(H,55,67)(H,57,68)(H,69,70)(H,71,72)(H,73,74). The van der Waals surface area contributed by atoms with Crippen LogP contribution in [0.25, 0.3) is 11.5 Å². The summed E-state index contributed by atoms with van der Waals surface area (Å²) in [7, 11) is 0. The summed E-state index contributed by atoms with van der Waals surface area (Å²) in [4.78, 5) is 83.0. The van der Waals surface area contributed by atoms with E-state index in [4.69, 9.17) is 52.1 Å². The van der Waals surface area contributed by atoms with Crippen LogP contribution in [-0.2, 0) is 80.9 Å². The molecule has 5 N–H and O–H groups in total. The molecule has 85 heavy (non-hydrogen) atoms. The van der Waals surface area contributed by atoms with E-state index in [1.54, 1.807) is 33.8 Å². The van der Waals surface area contributed by atoms with E-state index in [9.17, 15) is 44.1 Å². The third-order valence-electron chi connectivity index (χ3n) is 12.1. The number of aliphatic carboxylic acids is 3. The molecular formula is C54H91N11O20. The molecule has 1 saturated heterocycles. The maximum atomic E-state index is 12.9. The highest BCUT2D eigenvalue weighted by Crippen LogP contribution is 2.14. The lowest BCUT2D eigenvalue weighted by Gasteiger charge is -2.32. The monoisotopic (exact) mass is 1210 g/mol. The van der Waals surface area contributed by atoms with Crippen molar-refractivity contribution in [2.24, 2.45) is 0 Å². The molecule has 1 aliphatic rings. The number of carbonyl (C=O) groups excluding carboxylic acids is 3. The molecule has 31 heteroatoms. The molecule has 0 radical (unpaired) electrons. The summed E-state index contributed by atoms with van der Waals surface area (Å²) in [6.45, 7) is 13.3. The molecule has 31 nitrogen and oxygen atoms in total. The van der Waals surface area contributed by atoms with Crippen LogP contribution in [0.2, 0.25) is 0 Å². The Kier molecular flexibility index (Phi) is 43.0. The van der Waals surface area contributed by atoms with E-state index in [0.29, 0.717) is 234 Å². The minimum absolute atomic E-state index is 0.00548. The SMILES string of the molecule is Cc1nnc(-c2ccc(NC(=O)CCCC(=O)NCCOCCOCCOCCOCCOCCOCCOCCOCCOCCOCCOCCCC(=O)CN3CCN(CC(=O)O)CCN(CC(=O)O)CCN(CC(=O)O)CC3)cn2)nn1. The quantitative estimate of drug-likeness (QED) is 0.0489. The van der Waals surface area contributed by atoms with E-state index < -0.39 is 17.9 Å². The molecule has 0 spiro atoms. The van der Waals surface area contributed by atoms with Gasteiger partial charge in [-0.3, -0.25) is 53.4 Å². The number of hydrogen-bond acceptors (Lipinski definition) is 26. The lowest BCUT2D eigenvalue weighted by atomic mass is 10.2. The lowest BCUT2D eigenvalue weighted by Crippen LogP contribution is -2.49. The number of carboxylic acid groups (broad SMARTS) is 3. The molecule has 2 aromatic rings. The first kappa shape index (κ1) is 73.8. The summed E-state index contributed by atoms with van der Waals surface area (Å²) >= 11 is 0. The Bertz CT molecular complexity index is 2060. The molecule has 1 aliphatic heterocycles. The molecule has 3 heterocycles. The van der Waals surface area contributed by atoms with Gasteiger partial charge < -0.3 is 78.1 Å². The predicted molar refractivity (Wildman–Crippen MR) is 303 cm³/mol. The Morgan fingerprint density at radius 1 is 0.424 bits per heavy atom. The second-order valence-corrected chi connectivity index (χ2v) is 19.1. The van der Waals surface area contributed by atoms with E-state index in [2.05, 4.69) is 36.0 Å². The van der Waals surface area contributed by atoms with Crippen LogP contribution >= 0.6 is 0 Å². The number of hydrogen-bond donors (Lipinski definition) is 5. The van der Waals surface area contributed by atoms with Crippen molar-refractivity contribution in [1.29, 1.82) is 0 Å². The van der Waals surface area contributed by atoms with Gasteiger partial charge in [0, 0.05) is 84.8 Å². The first-order valence-corrected chi connectivity index (χ1v) is 28.8. The minimum Gasteiger partial charge on any atom is -0.480 e. The van der Waals surface area contributed by atoms with Crippen molar-refractivity contribution < 1.29 is 96.2 Å². The van der Waals surface area contributed by atoms with Gasteiger partial charge in [0.1, 0.15) is 11.5 Å². The second-order valence-electron chi connectivity index (χ2n) is 19.1. The van der Waals surface area contributed by atoms with E-state index in [-0.39, 0.29) is 68.9 Å². The molecular weight excluding hydrogens is 1120 g/mol. The number of ketones is 1. The van der Waals surface area contributed by atoms with Crippen LogP contribution in [0.3, 0.4) is 0 Å². The normalized spacial score (nSPS) is 14.2. The zero-order valence-electron chi connectivity index (χ0n) is 49.3. The van der Waals surface area contributed by atoms with Gasteiger partial charge in [-0.25, -0.2) is 0 Å². The number of amides is 2. The average Bonchev–Trinajstić information content (AvgIpc) is 3.49. The number of nitrogens with one attached hydrogen (secondary N) is 2. The van der Waals surface area contributed by atoms with Crippen LogP contribution in [0.5, 0.6) is 0 Å². The zero-order chi connectivity index (χ0) is 61.2. The Morgan fingerprint density at radius 3 is 1.12 bits per heavy atom. The van der Waals surface area contributed by atoms with Crippen LogP contribution in [-0.4, -0.2) is 326 Å². The summed E-state index contributed by atoms with van der Waals surface area (Å²) in [5.41, 5.74) is 0.996. The molecule has 2 amide bonds.